The van der Waals surface area contributed by atoms with Gasteiger partial charge in [-0.25, -0.2) is 0 Å². The van der Waals surface area contributed by atoms with Crippen molar-refractivity contribution in [3.8, 4) is 27.9 Å². The largest absolute Gasteiger partial charge is 0.310 e. The number of para-hydroxylation sites is 2. The first-order valence-electron chi connectivity index (χ1n) is 17.4. The minimum atomic E-state index is 1.11. The quantitative estimate of drug-likeness (QED) is 0.171. The van der Waals surface area contributed by atoms with Gasteiger partial charge < -0.3 is 9.47 Å². The molecule has 0 aliphatic carbocycles. The summed E-state index contributed by atoms with van der Waals surface area (Å²) in [7, 11) is 0. The first-order chi connectivity index (χ1) is 25.3. The number of hydrogen-bond acceptors (Lipinski definition) is 2. The van der Waals surface area contributed by atoms with Gasteiger partial charge in [0, 0.05) is 53.7 Å². The van der Waals surface area contributed by atoms with Gasteiger partial charge in [-0.3, -0.25) is 0 Å². The van der Waals surface area contributed by atoms with Crippen molar-refractivity contribution in [2.75, 3.05) is 4.90 Å². The molecule has 0 atom stereocenters. The lowest BCUT2D eigenvalue weighted by molar-refractivity contribution is 1.18. The summed E-state index contributed by atoms with van der Waals surface area (Å²) in [6.45, 7) is 0. The molecule has 8 aromatic carbocycles. The second-order valence-electron chi connectivity index (χ2n) is 12.9. The highest BCUT2D eigenvalue weighted by Gasteiger charge is 2.20. The van der Waals surface area contributed by atoms with E-state index >= 15 is 0 Å². The van der Waals surface area contributed by atoms with E-state index in [-0.39, 0.29) is 0 Å². The van der Waals surface area contributed by atoms with Crippen LogP contribution in [-0.4, -0.2) is 4.57 Å². The highest BCUT2D eigenvalue weighted by molar-refractivity contribution is 7.26. The second kappa shape index (κ2) is 12.2. The van der Waals surface area contributed by atoms with Crippen LogP contribution in [0.1, 0.15) is 0 Å². The highest BCUT2D eigenvalue weighted by Crippen LogP contribution is 2.44. The van der Waals surface area contributed by atoms with Crippen LogP contribution in [0.4, 0.5) is 17.1 Å². The number of benzene rings is 8. The van der Waals surface area contributed by atoms with Crippen molar-refractivity contribution in [1.29, 1.82) is 0 Å². The molecule has 51 heavy (non-hydrogen) atoms. The molecule has 240 valence electrons. The SMILES string of the molecule is c1ccc(-c2cccc3c2c2cc(N(c4ccccc4)c4ccc(-c5cccc6c5sc5ccccc56)cc4)ccc2n3-c2ccccc2)cc1. The Labute approximate surface area is 300 Å². The normalized spacial score (nSPS) is 11.5. The summed E-state index contributed by atoms with van der Waals surface area (Å²) in [4.78, 5) is 2.38. The Hall–Kier alpha value is -6.42. The third kappa shape index (κ3) is 4.93. The van der Waals surface area contributed by atoms with E-state index < -0.39 is 0 Å². The number of hydrogen-bond donors (Lipinski definition) is 0. The first kappa shape index (κ1) is 29.5. The summed E-state index contributed by atoms with van der Waals surface area (Å²) < 4.78 is 5.06. The zero-order valence-electron chi connectivity index (χ0n) is 27.8. The smallest absolute Gasteiger partial charge is 0.0547 e. The number of fused-ring (bicyclic) bond motifs is 6. The third-order valence-electron chi connectivity index (χ3n) is 9.99. The number of nitrogens with zero attached hydrogens (tertiary/aromatic N) is 2. The van der Waals surface area contributed by atoms with Gasteiger partial charge in [-0.2, -0.15) is 0 Å². The molecular formula is C48H32N2S. The van der Waals surface area contributed by atoms with Crippen molar-refractivity contribution in [1.82, 2.24) is 4.57 Å². The number of rotatable bonds is 6. The fourth-order valence-corrected chi connectivity index (χ4v) is 8.94. The molecule has 0 saturated heterocycles. The molecule has 2 heterocycles. The van der Waals surface area contributed by atoms with E-state index in [0.717, 1.165) is 22.7 Å². The minimum Gasteiger partial charge on any atom is -0.310 e. The molecule has 0 amide bonds. The maximum Gasteiger partial charge on any atom is 0.0547 e. The second-order valence-corrected chi connectivity index (χ2v) is 14.0. The van der Waals surface area contributed by atoms with Gasteiger partial charge in [0.25, 0.3) is 0 Å². The summed E-state index contributed by atoms with van der Waals surface area (Å²) in [5, 5.41) is 5.12. The number of thiophene rings is 1. The summed E-state index contributed by atoms with van der Waals surface area (Å²) in [6.07, 6.45) is 0. The van der Waals surface area contributed by atoms with Gasteiger partial charge in [-0.15, -0.1) is 11.3 Å². The zero-order chi connectivity index (χ0) is 33.7. The maximum absolute atomic E-state index is 2.40. The lowest BCUT2D eigenvalue weighted by Crippen LogP contribution is -2.09. The van der Waals surface area contributed by atoms with Crippen LogP contribution in [0.5, 0.6) is 0 Å². The Balaban J connectivity index is 1.16. The molecule has 0 aliphatic heterocycles. The Morgan fingerprint density at radius 2 is 1.00 bits per heavy atom. The molecule has 2 aromatic heterocycles. The minimum absolute atomic E-state index is 1.11. The molecule has 2 nitrogen and oxygen atoms in total. The van der Waals surface area contributed by atoms with Gasteiger partial charge in [0.1, 0.15) is 0 Å². The standard InChI is InChI=1S/C48H32N2S/c1-4-14-33(15-5-1)39-21-13-24-45-47(39)43-32-38(30-31-44(43)50(45)36-18-8-3-9-19-36)49(35-16-6-2-7-17-35)37-28-26-34(27-29-37)40-22-12-23-42-41-20-10-11-25-46(41)51-48(40)42/h1-32H. The molecule has 0 bridgehead atoms. The average Bonchev–Trinajstić information content (AvgIpc) is 3.75. The van der Waals surface area contributed by atoms with Gasteiger partial charge >= 0.3 is 0 Å². The summed E-state index contributed by atoms with van der Waals surface area (Å²) >= 11 is 1.88. The van der Waals surface area contributed by atoms with Crippen molar-refractivity contribution in [3.05, 3.63) is 194 Å². The Bertz CT molecular complexity index is 2830. The fraction of sp³-hybridized carbons (Fsp3) is 0. The molecule has 10 aromatic rings. The maximum atomic E-state index is 2.40. The van der Waals surface area contributed by atoms with Crippen molar-refractivity contribution in [2.24, 2.45) is 0 Å². The van der Waals surface area contributed by atoms with Gasteiger partial charge in [0.2, 0.25) is 0 Å². The van der Waals surface area contributed by atoms with Crippen LogP contribution in [0.2, 0.25) is 0 Å². The van der Waals surface area contributed by atoms with Crippen LogP contribution in [0, 0.1) is 0 Å². The zero-order valence-corrected chi connectivity index (χ0v) is 28.6. The van der Waals surface area contributed by atoms with Gasteiger partial charge in [-0.05, 0) is 89.0 Å². The summed E-state index contributed by atoms with van der Waals surface area (Å²) in [6, 6.07) is 70.3. The Morgan fingerprint density at radius 1 is 0.392 bits per heavy atom. The van der Waals surface area contributed by atoms with E-state index in [1.54, 1.807) is 0 Å². The van der Waals surface area contributed by atoms with Crippen LogP contribution in [0.25, 0.3) is 69.9 Å². The molecule has 10 rings (SSSR count). The lowest BCUT2D eigenvalue weighted by Gasteiger charge is -2.26. The Morgan fingerprint density at radius 3 is 1.80 bits per heavy atom. The number of anilines is 3. The van der Waals surface area contributed by atoms with Crippen LogP contribution < -0.4 is 4.90 Å². The molecule has 0 aliphatic rings. The average molecular weight is 669 g/mol. The molecule has 0 unspecified atom stereocenters. The predicted molar refractivity (Wildman–Crippen MR) is 219 cm³/mol. The predicted octanol–water partition coefficient (Wildman–Crippen LogP) is 14.0. The van der Waals surface area contributed by atoms with Gasteiger partial charge in [-0.1, -0.05) is 127 Å². The molecule has 0 fully saturated rings. The number of aromatic nitrogens is 1. The third-order valence-corrected chi connectivity index (χ3v) is 11.2. The van der Waals surface area contributed by atoms with Crippen LogP contribution >= 0.6 is 11.3 Å². The van der Waals surface area contributed by atoms with E-state index in [9.17, 15) is 0 Å². The molecule has 0 saturated carbocycles. The van der Waals surface area contributed by atoms with Crippen molar-refractivity contribution in [3.63, 3.8) is 0 Å². The summed E-state index contributed by atoms with van der Waals surface area (Å²) in [5.74, 6) is 0. The fourth-order valence-electron chi connectivity index (χ4n) is 7.70. The highest BCUT2D eigenvalue weighted by atomic mass is 32.1. The molecule has 0 spiro atoms. The van der Waals surface area contributed by atoms with Crippen molar-refractivity contribution < 1.29 is 0 Å². The van der Waals surface area contributed by atoms with Crippen molar-refractivity contribution in [2.45, 2.75) is 0 Å². The topological polar surface area (TPSA) is 8.17 Å². The van der Waals surface area contributed by atoms with Gasteiger partial charge in [0.05, 0.1) is 11.0 Å². The molecule has 0 radical (unpaired) electrons. The first-order valence-corrected chi connectivity index (χ1v) is 18.2. The van der Waals surface area contributed by atoms with Crippen molar-refractivity contribution >= 4 is 70.4 Å². The van der Waals surface area contributed by atoms with E-state index in [1.165, 1.54) is 64.2 Å². The van der Waals surface area contributed by atoms with Crippen LogP contribution in [-0.2, 0) is 0 Å². The Kier molecular flexibility index (Phi) is 7.04. The molecular weight excluding hydrogens is 637 g/mol. The lowest BCUT2D eigenvalue weighted by atomic mass is 9.99. The van der Waals surface area contributed by atoms with E-state index in [2.05, 4.69) is 204 Å². The monoisotopic (exact) mass is 668 g/mol. The van der Waals surface area contributed by atoms with E-state index in [4.69, 9.17) is 0 Å². The van der Waals surface area contributed by atoms with Crippen LogP contribution in [0.3, 0.4) is 0 Å². The van der Waals surface area contributed by atoms with Crippen LogP contribution in [0.15, 0.2) is 194 Å². The molecule has 0 N–H and O–H groups in total. The molecule has 3 heteroatoms. The summed E-state index contributed by atoms with van der Waals surface area (Å²) in [5.41, 5.74) is 11.8. The van der Waals surface area contributed by atoms with E-state index in [0.29, 0.717) is 0 Å². The van der Waals surface area contributed by atoms with Gasteiger partial charge in [0.15, 0.2) is 0 Å². The van der Waals surface area contributed by atoms with E-state index in [1.807, 2.05) is 11.3 Å².